The summed E-state index contributed by atoms with van der Waals surface area (Å²) in [7, 11) is -3.73. The lowest BCUT2D eigenvalue weighted by Gasteiger charge is -2.28. The first-order valence-electron chi connectivity index (χ1n) is 9.56. The average Bonchev–Trinajstić information content (AvgIpc) is 2.72. The number of sulfonamides is 1. The Labute approximate surface area is 177 Å². The quantitative estimate of drug-likeness (QED) is 0.599. The topological polar surface area (TPSA) is 95.6 Å². The van der Waals surface area contributed by atoms with Crippen molar-refractivity contribution >= 4 is 33.2 Å². The summed E-state index contributed by atoms with van der Waals surface area (Å²) in [5.74, 6) is -0.919. The van der Waals surface area contributed by atoms with Crippen LogP contribution in [0, 0.1) is 0 Å². The smallest absolute Gasteiger partial charge is 0.253 e. The normalized spacial score (nSPS) is 12.0. The lowest BCUT2D eigenvalue weighted by Crippen LogP contribution is -2.45. The number of carbonyl (C=O) groups excluding carboxylic acids is 2. The van der Waals surface area contributed by atoms with Crippen LogP contribution in [0.3, 0.4) is 0 Å². The van der Waals surface area contributed by atoms with E-state index in [0.717, 1.165) is 22.5 Å². The van der Waals surface area contributed by atoms with Gasteiger partial charge in [0.2, 0.25) is 15.9 Å². The van der Waals surface area contributed by atoms with Crippen molar-refractivity contribution in [2.24, 2.45) is 0 Å². The van der Waals surface area contributed by atoms with Gasteiger partial charge in [-0.25, -0.2) is 8.42 Å². The number of hydrogen-bond acceptors (Lipinski definition) is 4. The van der Waals surface area contributed by atoms with Gasteiger partial charge in [-0.15, -0.1) is 6.58 Å². The molecule has 2 amide bonds. The Morgan fingerprint density at radius 1 is 1.13 bits per heavy atom. The van der Waals surface area contributed by atoms with Gasteiger partial charge in [-0.2, -0.15) is 0 Å². The minimum Gasteiger partial charge on any atom is -0.349 e. The van der Waals surface area contributed by atoms with Gasteiger partial charge in [-0.1, -0.05) is 37.3 Å². The van der Waals surface area contributed by atoms with E-state index in [2.05, 4.69) is 17.2 Å². The molecule has 2 aromatic carbocycles. The highest BCUT2D eigenvalue weighted by molar-refractivity contribution is 7.92. The maximum absolute atomic E-state index is 12.9. The Morgan fingerprint density at radius 2 is 1.77 bits per heavy atom. The van der Waals surface area contributed by atoms with Crippen molar-refractivity contribution in [2.75, 3.05) is 22.4 Å². The van der Waals surface area contributed by atoms with E-state index in [1.165, 1.54) is 6.92 Å². The first-order chi connectivity index (χ1) is 14.2. The summed E-state index contributed by atoms with van der Waals surface area (Å²) in [5, 5.41) is 5.34. The molecule has 0 saturated heterocycles. The number of nitrogens with zero attached hydrogens (tertiary/aromatic N) is 1. The second-order valence-electron chi connectivity index (χ2n) is 6.79. The molecule has 0 heterocycles. The monoisotopic (exact) mass is 429 g/mol. The summed E-state index contributed by atoms with van der Waals surface area (Å²) in [6.45, 7) is 7.35. The molecule has 0 aliphatic heterocycles. The molecule has 2 rings (SSSR count). The Kier molecular flexibility index (Phi) is 7.77. The van der Waals surface area contributed by atoms with E-state index >= 15 is 0 Å². The summed E-state index contributed by atoms with van der Waals surface area (Å²) < 4.78 is 26.0. The molecule has 0 fully saturated rings. The number of benzene rings is 2. The highest BCUT2D eigenvalue weighted by Crippen LogP contribution is 2.23. The minimum atomic E-state index is -3.73. The molecule has 0 saturated carbocycles. The van der Waals surface area contributed by atoms with Crippen LogP contribution in [-0.2, 0) is 21.2 Å². The van der Waals surface area contributed by atoms with Crippen LogP contribution < -0.4 is 14.9 Å². The summed E-state index contributed by atoms with van der Waals surface area (Å²) in [6, 6.07) is 12.5. The average molecular weight is 430 g/mol. The van der Waals surface area contributed by atoms with Crippen LogP contribution in [0.25, 0.3) is 0 Å². The summed E-state index contributed by atoms with van der Waals surface area (Å²) in [6.07, 6.45) is 3.43. The van der Waals surface area contributed by atoms with Crippen LogP contribution in [0.5, 0.6) is 0 Å². The fourth-order valence-electron chi connectivity index (χ4n) is 2.97. The molecule has 2 aromatic rings. The van der Waals surface area contributed by atoms with Crippen LogP contribution in [0.4, 0.5) is 11.4 Å². The summed E-state index contributed by atoms with van der Waals surface area (Å²) >= 11 is 0. The number of rotatable bonds is 9. The highest BCUT2D eigenvalue weighted by atomic mass is 32.2. The molecular formula is C22H27N3O4S. The predicted octanol–water partition coefficient (Wildman–Crippen LogP) is 2.96. The Morgan fingerprint density at radius 3 is 2.33 bits per heavy atom. The van der Waals surface area contributed by atoms with E-state index in [0.29, 0.717) is 11.4 Å². The van der Waals surface area contributed by atoms with Gasteiger partial charge >= 0.3 is 0 Å². The molecule has 0 aromatic heterocycles. The molecule has 0 radical (unpaired) electrons. The van der Waals surface area contributed by atoms with Gasteiger partial charge in [0.05, 0.1) is 23.2 Å². The number of carbonyl (C=O) groups is 2. The van der Waals surface area contributed by atoms with Crippen molar-refractivity contribution in [1.82, 2.24) is 5.32 Å². The molecule has 1 atom stereocenters. The van der Waals surface area contributed by atoms with Crippen molar-refractivity contribution < 1.29 is 18.0 Å². The van der Waals surface area contributed by atoms with E-state index < -0.39 is 22.0 Å². The minimum absolute atomic E-state index is 0.276. The second-order valence-corrected chi connectivity index (χ2v) is 8.65. The van der Waals surface area contributed by atoms with Gasteiger partial charge in [0.15, 0.2) is 0 Å². The molecule has 0 bridgehead atoms. The van der Waals surface area contributed by atoms with Crippen LogP contribution in [-0.4, -0.2) is 39.1 Å². The van der Waals surface area contributed by atoms with Crippen LogP contribution in [0.2, 0.25) is 0 Å². The molecule has 0 spiro atoms. The molecule has 160 valence electrons. The Balaban J connectivity index is 2.30. The molecule has 30 heavy (non-hydrogen) atoms. The molecule has 8 heteroatoms. The number of hydrogen-bond donors (Lipinski definition) is 2. The summed E-state index contributed by atoms with van der Waals surface area (Å²) in [4.78, 5) is 25.3. The zero-order chi connectivity index (χ0) is 22.3. The van der Waals surface area contributed by atoms with Crippen LogP contribution >= 0.6 is 0 Å². The maximum Gasteiger partial charge on any atom is 0.253 e. The molecule has 2 N–H and O–H groups in total. The second kappa shape index (κ2) is 10.1. The van der Waals surface area contributed by atoms with Gasteiger partial charge < -0.3 is 10.6 Å². The van der Waals surface area contributed by atoms with Gasteiger partial charge in [0, 0.05) is 6.54 Å². The number of aryl methyl sites for hydroxylation is 1. The molecular weight excluding hydrogens is 402 g/mol. The van der Waals surface area contributed by atoms with Crippen LogP contribution in [0.1, 0.15) is 29.8 Å². The third-order valence-electron chi connectivity index (χ3n) is 4.52. The van der Waals surface area contributed by atoms with Gasteiger partial charge in [0.25, 0.3) is 5.91 Å². The van der Waals surface area contributed by atoms with E-state index in [1.807, 2.05) is 19.1 Å². The zero-order valence-corrected chi connectivity index (χ0v) is 18.2. The van der Waals surface area contributed by atoms with E-state index in [4.69, 9.17) is 0 Å². The first kappa shape index (κ1) is 23.2. The lowest BCUT2D eigenvalue weighted by atomic mass is 10.1. The predicted molar refractivity (Wildman–Crippen MR) is 120 cm³/mol. The fraction of sp³-hybridized carbons (Fsp3) is 0.273. The standard InChI is InChI=1S/C22H27N3O4S/c1-5-15-23-22(27)19-9-7-8-10-20(19)24-21(26)16(3)25(30(4,28)29)18-13-11-17(6-2)12-14-18/h5,7-14,16H,1,6,15H2,2-4H3,(H,23,27)(H,24,26)/t16-/m1/s1. The third-order valence-corrected chi connectivity index (χ3v) is 5.77. The van der Waals surface area contributed by atoms with E-state index in [9.17, 15) is 18.0 Å². The first-order valence-corrected chi connectivity index (χ1v) is 11.4. The van der Waals surface area contributed by atoms with Crippen molar-refractivity contribution in [3.63, 3.8) is 0 Å². The highest BCUT2D eigenvalue weighted by Gasteiger charge is 2.29. The molecule has 0 aliphatic rings. The summed E-state index contributed by atoms with van der Waals surface area (Å²) in [5.41, 5.74) is 2.03. The Hall–Kier alpha value is -3.13. The van der Waals surface area contributed by atoms with Crippen molar-refractivity contribution in [3.05, 3.63) is 72.3 Å². The lowest BCUT2D eigenvalue weighted by molar-refractivity contribution is -0.116. The SMILES string of the molecule is C=CCNC(=O)c1ccccc1NC(=O)[C@@H](C)N(c1ccc(CC)cc1)S(C)(=O)=O. The number of anilines is 2. The van der Waals surface area contributed by atoms with Gasteiger partial charge in [-0.3, -0.25) is 13.9 Å². The third kappa shape index (κ3) is 5.70. The number of nitrogens with one attached hydrogen (secondary N) is 2. The van der Waals surface area contributed by atoms with E-state index in [1.54, 1.807) is 42.5 Å². The molecule has 7 nitrogen and oxygen atoms in total. The number of amides is 2. The number of para-hydroxylation sites is 1. The van der Waals surface area contributed by atoms with Crippen molar-refractivity contribution in [1.29, 1.82) is 0 Å². The van der Waals surface area contributed by atoms with Gasteiger partial charge in [-0.05, 0) is 43.2 Å². The van der Waals surface area contributed by atoms with Gasteiger partial charge in [0.1, 0.15) is 6.04 Å². The van der Waals surface area contributed by atoms with E-state index in [-0.39, 0.29) is 18.0 Å². The van der Waals surface area contributed by atoms with Crippen LogP contribution in [0.15, 0.2) is 61.2 Å². The maximum atomic E-state index is 12.9. The zero-order valence-electron chi connectivity index (χ0n) is 17.4. The molecule has 0 unspecified atom stereocenters. The molecule has 0 aliphatic carbocycles. The fourth-order valence-corrected chi connectivity index (χ4v) is 4.15. The van der Waals surface area contributed by atoms with Crippen molar-refractivity contribution in [2.45, 2.75) is 26.3 Å². The van der Waals surface area contributed by atoms with Crippen molar-refractivity contribution in [3.8, 4) is 0 Å². The largest absolute Gasteiger partial charge is 0.349 e. The Bertz CT molecular complexity index is 1020.